The highest BCUT2D eigenvalue weighted by atomic mass is 32.2. The van der Waals surface area contributed by atoms with Gasteiger partial charge in [0.05, 0.1) is 18.0 Å². The van der Waals surface area contributed by atoms with E-state index in [4.69, 9.17) is 4.74 Å². The molecule has 1 fully saturated rings. The van der Waals surface area contributed by atoms with Crippen molar-refractivity contribution in [3.05, 3.63) is 11.4 Å². The third kappa shape index (κ3) is 4.03. The number of ether oxygens (including phenoxy) is 1. The summed E-state index contributed by atoms with van der Waals surface area (Å²) >= 11 is 0. The molecule has 0 radical (unpaired) electrons. The van der Waals surface area contributed by atoms with Gasteiger partial charge in [0.25, 0.3) is 0 Å². The van der Waals surface area contributed by atoms with E-state index in [0.29, 0.717) is 37.0 Å². The van der Waals surface area contributed by atoms with Crippen LogP contribution in [-0.2, 0) is 21.3 Å². The number of H-pyrrole nitrogens is 1. The molecule has 1 saturated carbocycles. The highest BCUT2D eigenvalue weighted by Crippen LogP contribution is 2.28. The largest absolute Gasteiger partial charge is 0.380 e. The van der Waals surface area contributed by atoms with Crippen LogP contribution in [0.1, 0.15) is 24.2 Å². The van der Waals surface area contributed by atoms with Crippen molar-refractivity contribution >= 4 is 10.0 Å². The lowest BCUT2D eigenvalue weighted by atomic mass is 10.4. The summed E-state index contributed by atoms with van der Waals surface area (Å²) < 4.78 is 32.1. The number of rotatable bonds is 9. The normalized spacial score (nSPS) is 15.8. The molecule has 7 nitrogen and oxygen atoms in total. The number of nitrogens with one attached hydrogen (secondary N) is 2. The molecule has 0 aromatic carbocycles. The van der Waals surface area contributed by atoms with E-state index in [1.54, 1.807) is 21.0 Å². The van der Waals surface area contributed by atoms with Gasteiger partial charge in [0.15, 0.2) is 0 Å². The summed E-state index contributed by atoms with van der Waals surface area (Å²) in [5, 5.41) is 9.73. The van der Waals surface area contributed by atoms with Crippen LogP contribution in [0.4, 0.5) is 0 Å². The van der Waals surface area contributed by atoms with Gasteiger partial charge >= 0.3 is 0 Å². The van der Waals surface area contributed by atoms with Crippen molar-refractivity contribution < 1.29 is 13.2 Å². The van der Waals surface area contributed by atoms with Crippen LogP contribution in [0.3, 0.4) is 0 Å². The second kappa shape index (κ2) is 6.87. The summed E-state index contributed by atoms with van der Waals surface area (Å²) in [5.41, 5.74) is 1.08. The molecule has 0 aliphatic heterocycles. The van der Waals surface area contributed by atoms with E-state index < -0.39 is 10.0 Å². The van der Waals surface area contributed by atoms with Gasteiger partial charge in [-0.3, -0.25) is 5.10 Å². The molecule has 1 aromatic heterocycles. The number of sulfonamides is 1. The monoisotopic (exact) mass is 316 g/mol. The summed E-state index contributed by atoms with van der Waals surface area (Å²) in [7, 11) is -0.210. The number of aryl methyl sites for hydroxylation is 1. The summed E-state index contributed by atoms with van der Waals surface area (Å²) in [5.74, 6) is 0.685. The van der Waals surface area contributed by atoms with E-state index in [1.165, 1.54) is 17.1 Å². The zero-order chi connectivity index (χ0) is 15.5. The lowest BCUT2D eigenvalue weighted by molar-refractivity contribution is 0.117. The lowest BCUT2D eigenvalue weighted by Crippen LogP contribution is -2.31. The Morgan fingerprint density at radius 1 is 1.48 bits per heavy atom. The Morgan fingerprint density at radius 3 is 2.81 bits per heavy atom. The standard InChI is InChI=1S/C13H24N4O3S/c1-10-13(12(8-14-2)16-15-10)21(18,19)17(3)6-7-20-9-11-4-5-11/h11,14H,4-9H2,1-3H3,(H,15,16). The van der Waals surface area contributed by atoms with E-state index in [-0.39, 0.29) is 4.90 Å². The minimum Gasteiger partial charge on any atom is -0.380 e. The smallest absolute Gasteiger partial charge is 0.246 e. The minimum atomic E-state index is -3.54. The number of hydrogen-bond acceptors (Lipinski definition) is 5. The van der Waals surface area contributed by atoms with Crippen LogP contribution >= 0.6 is 0 Å². The Kier molecular flexibility index (Phi) is 5.37. The first-order valence-electron chi connectivity index (χ1n) is 7.19. The van der Waals surface area contributed by atoms with Gasteiger partial charge in [0.2, 0.25) is 10.0 Å². The molecule has 0 saturated heterocycles. The van der Waals surface area contributed by atoms with Gasteiger partial charge in [-0.2, -0.15) is 9.40 Å². The fourth-order valence-electron chi connectivity index (χ4n) is 2.10. The van der Waals surface area contributed by atoms with Gasteiger partial charge < -0.3 is 10.1 Å². The van der Waals surface area contributed by atoms with E-state index in [1.807, 2.05) is 0 Å². The molecule has 0 bridgehead atoms. The lowest BCUT2D eigenvalue weighted by Gasteiger charge is -2.17. The minimum absolute atomic E-state index is 0.265. The fourth-order valence-corrected chi connectivity index (χ4v) is 3.58. The number of nitrogens with zero attached hydrogens (tertiary/aromatic N) is 2. The van der Waals surface area contributed by atoms with Crippen LogP contribution in [0, 0.1) is 12.8 Å². The molecule has 120 valence electrons. The molecule has 0 atom stereocenters. The van der Waals surface area contributed by atoms with Crippen LogP contribution in [-0.4, -0.2) is 56.8 Å². The predicted molar refractivity (Wildman–Crippen MR) is 79.4 cm³/mol. The highest BCUT2D eigenvalue weighted by Gasteiger charge is 2.28. The zero-order valence-electron chi connectivity index (χ0n) is 12.8. The van der Waals surface area contributed by atoms with Gasteiger partial charge in [-0.1, -0.05) is 0 Å². The summed E-state index contributed by atoms with van der Waals surface area (Å²) in [6, 6.07) is 0. The maximum Gasteiger partial charge on any atom is 0.246 e. The number of aromatic amines is 1. The van der Waals surface area contributed by atoms with Gasteiger partial charge in [-0.25, -0.2) is 8.42 Å². The molecular formula is C13H24N4O3S. The van der Waals surface area contributed by atoms with Crippen molar-refractivity contribution in [2.24, 2.45) is 5.92 Å². The zero-order valence-corrected chi connectivity index (χ0v) is 13.7. The van der Waals surface area contributed by atoms with E-state index >= 15 is 0 Å². The molecule has 1 heterocycles. The Balaban J connectivity index is 1.99. The summed E-state index contributed by atoms with van der Waals surface area (Å²) in [6.45, 7) is 3.63. The van der Waals surface area contributed by atoms with Crippen LogP contribution < -0.4 is 5.32 Å². The first-order valence-corrected chi connectivity index (χ1v) is 8.63. The first-order chi connectivity index (χ1) is 9.96. The maximum absolute atomic E-state index is 12.6. The Hall–Kier alpha value is -0.960. The first kappa shape index (κ1) is 16.4. The molecule has 0 unspecified atom stereocenters. The molecule has 0 spiro atoms. The van der Waals surface area contributed by atoms with Gasteiger partial charge in [-0.05, 0) is 32.7 Å². The summed E-state index contributed by atoms with van der Waals surface area (Å²) in [6.07, 6.45) is 2.46. The highest BCUT2D eigenvalue weighted by molar-refractivity contribution is 7.89. The third-order valence-corrected chi connectivity index (χ3v) is 5.64. The van der Waals surface area contributed by atoms with E-state index in [0.717, 1.165) is 6.61 Å². The second-order valence-corrected chi connectivity index (χ2v) is 7.48. The van der Waals surface area contributed by atoms with Crippen molar-refractivity contribution in [1.29, 1.82) is 0 Å². The predicted octanol–water partition coefficient (Wildman–Crippen LogP) is 0.485. The average molecular weight is 316 g/mol. The van der Waals surface area contributed by atoms with Crippen LogP contribution in [0.25, 0.3) is 0 Å². The Morgan fingerprint density at radius 2 is 2.19 bits per heavy atom. The topological polar surface area (TPSA) is 87.3 Å². The quantitative estimate of drug-likeness (QED) is 0.647. The summed E-state index contributed by atoms with van der Waals surface area (Å²) in [4.78, 5) is 0.265. The SMILES string of the molecule is CNCc1n[nH]c(C)c1S(=O)(=O)N(C)CCOCC1CC1. The molecule has 1 aromatic rings. The van der Waals surface area contributed by atoms with Crippen molar-refractivity contribution in [3.8, 4) is 0 Å². The van der Waals surface area contributed by atoms with Crippen LogP contribution in [0.15, 0.2) is 4.90 Å². The van der Waals surface area contributed by atoms with Crippen LogP contribution in [0.2, 0.25) is 0 Å². The third-order valence-electron chi connectivity index (χ3n) is 3.57. The van der Waals surface area contributed by atoms with Crippen molar-refractivity contribution in [2.75, 3.05) is 33.9 Å². The van der Waals surface area contributed by atoms with Gasteiger partial charge in [-0.15, -0.1) is 0 Å². The molecule has 1 aliphatic rings. The van der Waals surface area contributed by atoms with Crippen molar-refractivity contribution in [2.45, 2.75) is 31.2 Å². The van der Waals surface area contributed by atoms with Gasteiger partial charge in [0, 0.05) is 26.7 Å². The molecule has 21 heavy (non-hydrogen) atoms. The Bertz CT molecular complexity index is 566. The number of hydrogen-bond donors (Lipinski definition) is 2. The number of likely N-dealkylation sites (N-methyl/N-ethyl adjacent to an activating group) is 1. The second-order valence-electron chi connectivity index (χ2n) is 5.50. The molecular weight excluding hydrogens is 292 g/mol. The van der Waals surface area contributed by atoms with Crippen LogP contribution in [0.5, 0.6) is 0 Å². The van der Waals surface area contributed by atoms with E-state index in [2.05, 4.69) is 15.5 Å². The Labute approximate surface area is 126 Å². The molecule has 2 N–H and O–H groups in total. The van der Waals surface area contributed by atoms with Gasteiger partial charge in [0.1, 0.15) is 4.90 Å². The van der Waals surface area contributed by atoms with Crippen molar-refractivity contribution in [3.63, 3.8) is 0 Å². The maximum atomic E-state index is 12.6. The molecule has 2 rings (SSSR count). The molecule has 8 heteroatoms. The average Bonchev–Trinajstić information content (AvgIpc) is 3.18. The van der Waals surface area contributed by atoms with E-state index in [9.17, 15) is 8.42 Å². The molecule has 0 amide bonds. The fraction of sp³-hybridized carbons (Fsp3) is 0.769. The van der Waals surface area contributed by atoms with Crippen molar-refractivity contribution in [1.82, 2.24) is 19.8 Å². The molecule has 1 aliphatic carbocycles. The number of aromatic nitrogens is 2.